The average molecular weight is 243 g/mol. The molecule has 0 amide bonds. The zero-order chi connectivity index (χ0) is 9.42. The average Bonchev–Trinajstić information content (AvgIpc) is 2.12. The maximum Gasteiger partial charge on any atom is 0.105 e. The minimum Gasteiger partial charge on any atom is -0.390 e. The van der Waals surface area contributed by atoms with Crippen LogP contribution in [0.15, 0.2) is 22.7 Å². The van der Waals surface area contributed by atoms with Gasteiger partial charge in [-0.05, 0) is 30.0 Å². The maximum atomic E-state index is 9.68. The lowest BCUT2D eigenvalue weighted by molar-refractivity contribution is 0.00638. The Morgan fingerprint density at radius 2 is 2.08 bits per heavy atom. The predicted octanol–water partition coefficient (Wildman–Crippen LogP) is 1.79. The lowest BCUT2D eigenvalue weighted by Crippen LogP contribution is -2.25. The van der Waals surface area contributed by atoms with Gasteiger partial charge in [0.1, 0.15) is 6.10 Å². The molecule has 0 saturated heterocycles. The van der Waals surface area contributed by atoms with Crippen molar-refractivity contribution < 1.29 is 10.2 Å². The molecule has 0 aliphatic heterocycles. The first-order chi connectivity index (χ1) is 6.20. The number of hydrogen-bond acceptors (Lipinski definition) is 2. The predicted molar refractivity (Wildman–Crippen MR) is 53.4 cm³/mol. The molecule has 0 radical (unpaired) electrons. The standard InChI is InChI=1S/C10H11BrO2/c11-8-3-1-2-7-6(8)4-5-9(12)10(7)13/h1-3,9-10,12-13H,4-5H2/t9-,10-/m1/s1. The molecule has 0 fully saturated rings. The van der Waals surface area contributed by atoms with Crippen molar-refractivity contribution in [3.05, 3.63) is 33.8 Å². The highest BCUT2D eigenvalue weighted by Gasteiger charge is 2.26. The van der Waals surface area contributed by atoms with Crippen molar-refractivity contribution >= 4 is 15.9 Å². The molecule has 2 rings (SSSR count). The topological polar surface area (TPSA) is 40.5 Å². The fourth-order valence-corrected chi connectivity index (χ4v) is 2.35. The minimum absolute atomic E-state index is 0.609. The number of rotatable bonds is 0. The van der Waals surface area contributed by atoms with Crippen LogP contribution in [0.2, 0.25) is 0 Å². The molecule has 0 bridgehead atoms. The van der Waals surface area contributed by atoms with E-state index in [4.69, 9.17) is 0 Å². The molecule has 0 heterocycles. The summed E-state index contributed by atoms with van der Waals surface area (Å²) in [5.74, 6) is 0. The van der Waals surface area contributed by atoms with Gasteiger partial charge in [0, 0.05) is 4.47 Å². The van der Waals surface area contributed by atoms with Crippen molar-refractivity contribution in [2.75, 3.05) is 0 Å². The van der Waals surface area contributed by atoms with Crippen LogP contribution in [0.1, 0.15) is 23.7 Å². The zero-order valence-electron chi connectivity index (χ0n) is 7.07. The second-order valence-corrected chi connectivity index (χ2v) is 4.21. The number of halogens is 1. The van der Waals surface area contributed by atoms with Gasteiger partial charge in [0.05, 0.1) is 6.10 Å². The van der Waals surface area contributed by atoms with Crippen LogP contribution in [-0.4, -0.2) is 16.3 Å². The van der Waals surface area contributed by atoms with E-state index in [0.29, 0.717) is 6.42 Å². The van der Waals surface area contributed by atoms with Crippen LogP contribution in [-0.2, 0) is 6.42 Å². The maximum absolute atomic E-state index is 9.68. The van der Waals surface area contributed by atoms with Gasteiger partial charge in [-0.2, -0.15) is 0 Å². The zero-order valence-corrected chi connectivity index (χ0v) is 8.66. The van der Waals surface area contributed by atoms with Crippen LogP contribution in [0.4, 0.5) is 0 Å². The van der Waals surface area contributed by atoms with Gasteiger partial charge in [-0.25, -0.2) is 0 Å². The first kappa shape index (κ1) is 9.19. The molecule has 0 spiro atoms. The fraction of sp³-hybridized carbons (Fsp3) is 0.400. The second kappa shape index (κ2) is 3.40. The molecule has 0 aromatic heterocycles. The molecule has 2 N–H and O–H groups in total. The van der Waals surface area contributed by atoms with Crippen molar-refractivity contribution in [1.29, 1.82) is 0 Å². The molecular formula is C10H11BrO2. The highest BCUT2D eigenvalue weighted by molar-refractivity contribution is 9.10. The summed E-state index contributed by atoms with van der Waals surface area (Å²) in [7, 11) is 0. The molecule has 2 nitrogen and oxygen atoms in total. The van der Waals surface area contributed by atoms with E-state index in [2.05, 4.69) is 15.9 Å². The van der Waals surface area contributed by atoms with Crippen molar-refractivity contribution in [2.24, 2.45) is 0 Å². The van der Waals surface area contributed by atoms with Crippen LogP contribution in [0.25, 0.3) is 0 Å². The summed E-state index contributed by atoms with van der Waals surface area (Å²) in [6, 6.07) is 5.71. The van der Waals surface area contributed by atoms with E-state index < -0.39 is 12.2 Å². The lowest BCUT2D eigenvalue weighted by Gasteiger charge is -2.26. The Balaban J connectivity index is 2.49. The number of benzene rings is 1. The Bertz CT molecular complexity index is 325. The lowest BCUT2D eigenvalue weighted by atomic mass is 9.87. The molecule has 1 aliphatic rings. The number of aliphatic hydroxyl groups excluding tert-OH is 2. The van der Waals surface area contributed by atoms with Crippen LogP contribution in [0.5, 0.6) is 0 Å². The third-order valence-electron chi connectivity index (χ3n) is 2.53. The first-order valence-electron chi connectivity index (χ1n) is 4.33. The van der Waals surface area contributed by atoms with Gasteiger partial charge in [0.15, 0.2) is 0 Å². The molecule has 1 aromatic rings. The van der Waals surface area contributed by atoms with E-state index >= 15 is 0 Å². The quantitative estimate of drug-likeness (QED) is 0.729. The molecule has 13 heavy (non-hydrogen) atoms. The van der Waals surface area contributed by atoms with E-state index in [-0.39, 0.29) is 0 Å². The highest BCUT2D eigenvalue weighted by atomic mass is 79.9. The molecule has 0 unspecified atom stereocenters. The molecule has 1 aliphatic carbocycles. The second-order valence-electron chi connectivity index (χ2n) is 3.36. The summed E-state index contributed by atoms with van der Waals surface area (Å²) in [5.41, 5.74) is 1.98. The summed E-state index contributed by atoms with van der Waals surface area (Å²) in [6.07, 6.45) is 0.134. The third-order valence-corrected chi connectivity index (χ3v) is 3.27. The van der Waals surface area contributed by atoms with Gasteiger partial charge < -0.3 is 10.2 Å². The van der Waals surface area contributed by atoms with Gasteiger partial charge >= 0.3 is 0 Å². The SMILES string of the molecule is O[C@@H]1CCc2c(Br)cccc2[C@H]1O. The van der Waals surface area contributed by atoms with Gasteiger partial charge in [-0.15, -0.1) is 0 Å². The monoisotopic (exact) mass is 242 g/mol. The molecule has 2 atom stereocenters. The summed E-state index contributed by atoms with van der Waals surface area (Å²) >= 11 is 3.44. The van der Waals surface area contributed by atoms with E-state index in [1.807, 2.05) is 18.2 Å². The van der Waals surface area contributed by atoms with E-state index in [9.17, 15) is 10.2 Å². The first-order valence-corrected chi connectivity index (χ1v) is 5.13. The molecule has 0 saturated carbocycles. The van der Waals surface area contributed by atoms with Crippen molar-refractivity contribution in [3.8, 4) is 0 Å². The smallest absolute Gasteiger partial charge is 0.105 e. The van der Waals surface area contributed by atoms with Gasteiger partial charge in [-0.1, -0.05) is 28.1 Å². The van der Waals surface area contributed by atoms with Crippen LogP contribution in [0.3, 0.4) is 0 Å². The Labute approximate surface area is 85.3 Å². The van der Waals surface area contributed by atoms with Crippen molar-refractivity contribution in [2.45, 2.75) is 25.0 Å². The van der Waals surface area contributed by atoms with Gasteiger partial charge in [-0.3, -0.25) is 0 Å². The number of fused-ring (bicyclic) bond motifs is 1. The Morgan fingerprint density at radius 1 is 1.31 bits per heavy atom. The summed E-state index contributed by atoms with van der Waals surface area (Å²) < 4.78 is 1.02. The van der Waals surface area contributed by atoms with Crippen LogP contribution in [0, 0.1) is 0 Å². The van der Waals surface area contributed by atoms with Crippen molar-refractivity contribution in [1.82, 2.24) is 0 Å². The molecule has 1 aromatic carbocycles. The fourth-order valence-electron chi connectivity index (χ4n) is 1.77. The molecular weight excluding hydrogens is 232 g/mol. The highest BCUT2D eigenvalue weighted by Crippen LogP contribution is 2.33. The summed E-state index contributed by atoms with van der Waals surface area (Å²) in [5, 5.41) is 19.1. The number of aliphatic hydroxyl groups is 2. The Hall–Kier alpha value is -0.380. The Morgan fingerprint density at radius 3 is 2.85 bits per heavy atom. The van der Waals surface area contributed by atoms with E-state index in [1.165, 1.54) is 0 Å². The Kier molecular flexibility index (Phi) is 2.41. The van der Waals surface area contributed by atoms with E-state index in [1.54, 1.807) is 0 Å². The van der Waals surface area contributed by atoms with E-state index in [0.717, 1.165) is 22.0 Å². The van der Waals surface area contributed by atoms with Crippen LogP contribution < -0.4 is 0 Å². The summed E-state index contributed by atoms with van der Waals surface area (Å²) in [6.45, 7) is 0. The van der Waals surface area contributed by atoms with Crippen molar-refractivity contribution in [3.63, 3.8) is 0 Å². The molecule has 3 heteroatoms. The largest absolute Gasteiger partial charge is 0.390 e. The summed E-state index contributed by atoms with van der Waals surface area (Å²) in [4.78, 5) is 0. The van der Waals surface area contributed by atoms with Gasteiger partial charge in [0.25, 0.3) is 0 Å². The van der Waals surface area contributed by atoms with Gasteiger partial charge in [0.2, 0.25) is 0 Å². The normalized spacial score (nSPS) is 27.0. The number of hydrogen-bond donors (Lipinski definition) is 2. The molecule has 70 valence electrons. The third kappa shape index (κ3) is 1.52. The van der Waals surface area contributed by atoms with Crippen LogP contribution >= 0.6 is 15.9 Å². The minimum atomic E-state index is -0.721.